The van der Waals surface area contributed by atoms with E-state index >= 15 is 0 Å². The van der Waals surface area contributed by atoms with E-state index in [0.717, 1.165) is 43.0 Å². The summed E-state index contributed by atoms with van der Waals surface area (Å²) in [6.07, 6.45) is 8.26. The Balaban J connectivity index is 1.15. The summed E-state index contributed by atoms with van der Waals surface area (Å²) in [7, 11) is 0. The van der Waals surface area contributed by atoms with Crippen molar-refractivity contribution in [2.75, 3.05) is 23.3 Å². The van der Waals surface area contributed by atoms with Gasteiger partial charge < -0.3 is 10.1 Å². The predicted molar refractivity (Wildman–Crippen MR) is 117 cm³/mol. The van der Waals surface area contributed by atoms with Crippen LogP contribution in [0.3, 0.4) is 0 Å². The molecule has 0 radical (unpaired) electrons. The van der Waals surface area contributed by atoms with Crippen molar-refractivity contribution in [3.8, 4) is 11.4 Å². The normalized spacial score (nSPS) is 23.2. The Morgan fingerprint density at radius 3 is 2.87 bits per heavy atom. The average molecular weight is 440 g/mol. The van der Waals surface area contributed by atoms with Crippen LogP contribution >= 0.6 is 11.3 Å². The van der Waals surface area contributed by atoms with Gasteiger partial charge in [-0.2, -0.15) is 0 Å². The van der Waals surface area contributed by atoms with Crippen LogP contribution in [0.15, 0.2) is 48.2 Å². The Kier molecular flexibility index (Phi) is 5.27. The maximum Gasteiger partial charge on any atom is 0.415 e. The van der Waals surface area contributed by atoms with Crippen LogP contribution in [-0.2, 0) is 4.74 Å². The number of amides is 1. The maximum atomic E-state index is 13.9. The third-order valence-corrected chi connectivity index (χ3v) is 6.79. The molecule has 31 heavy (non-hydrogen) atoms. The summed E-state index contributed by atoms with van der Waals surface area (Å²) in [5.74, 6) is 0.0964. The fourth-order valence-corrected chi connectivity index (χ4v) is 4.98. The SMILES string of the molecule is O=C1O[C@]2(CC[C@H](CNc3nc(-c4ncccc4F)cs3)CC2)CN1c1cccnc1. The molecule has 2 fully saturated rings. The zero-order valence-electron chi connectivity index (χ0n) is 16.8. The van der Waals surface area contributed by atoms with E-state index < -0.39 is 5.60 Å². The smallest absolute Gasteiger partial charge is 0.415 e. The fraction of sp³-hybridized carbons (Fsp3) is 0.364. The van der Waals surface area contributed by atoms with Gasteiger partial charge in [0.25, 0.3) is 0 Å². The Bertz CT molecular complexity index is 1070. The molecule has 0 atom stereocenters. The van der Waals surface area contributed by atoms with Crippen molar-refractivity contribution in [3.05, 3.63) is 54.1 Å². The quantitative estimate of drug-likeness (QED) is 0.619. The monoisotopic (exact) mass is 439 g/mol. The van der Waals surface area contributed by atoms with Crippen LogP contribution in [0.2, 0.25) is 0 Å². The second-order valence-electron chi connectivity index (χ2n) is 8.04. The minimum atomic E-state index is -0.408. The number of anilines is 2. The lowest BCUT2D eigenvalue weighted by Gasteiger charge is -2.35. The number of thiazole rings is 1. The molecular weight excluding hydrogens is 417 g/mol. The summed E-state index contributed by atoms with van der Waals surface area (Å²) in [4.78, 5) is 26.7. The number of aromatic nitrogens is 3. The number of carbonyl (C=O) groups is 1. The average Bonchev–Trinajstić information content (AvgIpc) is 3.39. The highest BCUT2D eigenvalue weighted by molar-refractivity contribution is 7.14. The Hall–Kier alpha value is -3.07. The highest BCUT2D eigenvalue weighted by atomic mass is 32.1. The molecule has 3 aromatic rings. The van der Waals surface area contributed by atoms with E-state index in [0.29, 0.717) is 18.2 Å². The van der Waals surface area contributed by atoms with Crippen molar-refractivity contribution >= 4 is 28.2 Å². The molecule has 1 aliphatic carbocycles. The highest BCUT2D eigenvalue weighted by Crippen LogP contribution is 2.40. The van der Waals surface area contributed by atoms with E-state index in [1.807, 2.05) is 17.5 Å². The molecule has 160 valence electrons. The van der Waals surface area contributed by atoms with E-state index in [9.17, 15) is 9.18 Å². The molecule has 0 unspecified atom stereocenters. The summed E-state index contributed by atoms with van der Waals surface area (Å²) in [5, 5.41) is 5.95. The first kappa shape index (κ1) is 19.9. The topological polar surface area (TPSA) is 80.2 Å². The Morgan fingerprint density at radius 1 is 1.26 bits per heavy atom. The van der Waals surface area contributed by atoms with Gasteiger partial charge >= 0.3 is 6.09 Å². The van der Waals surface area contributed by atoms with E-state index in [4.69, 9.17) is 4.74 Å². The summed E-state index contributed by atoms with van der Waals surface area (Å²) in [5.41, 5.74) is 1.18. The molecule has 1 amide bonds. The van der Waals surface area contributed by atoms with Gasteiger partial charge in [0.2, 0.25) is 0 Å². The van der Waals surface area contributed by atoms with Crippen LogP contribution < -0.4 is 10.2 Å². The molecule has 0 bridgehead atoms. The summed E-state index contributed by atoms with van der Waals surface area (Å²) < 4.78 is 19.7. The van der Waals surface area contributed by atoms with Crippen molar-refractivity contribution in [2.45, 2.75) is 31.3 Å². The van der Waals surface area contributed by atoms with Crippen LogP contribution in [0.4, 0.5) is 20.0 Å². The van der Waals surface area contributed by atoms with Gasteiger partial charge in [-0.15, -0.1) is 11.3 Å². The summed E-state index contributed by atoms with van der Waals surface area (Å²) >= 11 is 1.45. The number of ether oxygens (including phenoxy) is 1. The lowest BCUT2D eigenvalue weighted by molar-refractivity contribution is 0.0148. The molecular formula is C22H22FN5O2S. The van der Waals surface area contributed by atoms with Gasteiger partial charge in [0.05, 0.1) is 18.4 Å². The minimum absolute atomic E-state index is 0.271. The molecule has 1 saturated carbocycles. The third-order valence-electron chi connectivity index (χ3n) is 5.99. The standard InChI is InChI=1S/C22H22FN5O2S/c23-17-4-2-10-25-19(17)18-13-31-20(27-18)26-11-15-5-7-22(8-6-15)14-28(21(29)30-22)16-3-1-9-24-12-16/h1-4,9-10,12-13,15H,5-8,11,14H2,(H,26,27)/t15-,22-. The number of carbonyl (C=O) groups excluding carboxylic acids is 1. The lowest BCUT2D eigenvalue weighted by Crippen LogP contribution is -2.39. The van der Waals surface area contributed by atoms with Crippen LogP contribution in [0.1, 0.15) is 25.7 Å². The van der Waals surface area contributed by atoms with Crippen molar-refractivity contribution in [2.24, 2.45) is 5.92 Å². The molecule has 0 aromatic carbocycles. The van der Waals surface area contributed by atoms with E-state index in [1.165, 1.54) is 17.4 Å². The molecule has 5 rings (SSSR count). The van der Waals surface area contributed by atoms with Gasteiger partial charge in [0.15, 0.2) is 10.9 Å². The minimum Gasteiger partial charge on any atom is -0.441 e. The van der Waals surface area contributed by atoms with Crippen LogP contribution in [0.25, 0.3) is 11.4 Å². The number of hydrogen-bond acceptors (Lipinski definition) is 7. The van der Waals surface area contributed by atoms with Crippen molar-refractivity contribution in [1.82, 2.24) is 15.0 Å². The Labute approximate surface area is 183 Å². The summed E-state index contributed by atoms with van der Waals surface area (Å²) in [6, 6.07) is 6.65. The van der Waals surface area contributed by atoms with Crippen LogP contribution in [0, 0.1) is 11.7 Å². The van der Waals surface area contributed by atoms with Gasteiger partial charge in [-0.3, -0.25) is 14.9 Å². The van der Waals surface area contributed by atoms with Gasteiger partial charge in [-0.05, 0) is 55.9 Å². The number of pyridine rings is 2. The van der Waals surface area contributed by atoms with Gasteiger partial charge in [0.1, 0.15) is 17.0 Å². The zero-order chi connectivity index (χ0) is 21.3. The maximum absolute atomic E-state index is 13.9. The van der Waals surface area contributed by atoms with Gasteiger partial charge in [-0.25, -0.2) is 14.2 Å². The zero-order valence-corrected chi connectivity index (χ0v) is 17.6. The van der Waals surface area contributed by atoms with E-state index in [2.05, 4.69) is 20.3 Å². The molecule has 9 heteroatoms. The predicted octanol–water partition coefficient (Wildman–Crippen LogP) is 4.74. The van der Waals surface area contributed by atoms with Crippen molar-refractivity contribution < 1.29 is 13.9 Å². The Morgan fingerprint density at radius 2 is 2.10 bits per heavy atom. The van der Waals surface area contributed by atoms with Gasteiger partial charge in [0, 0.05) is 24.3 Å². The van der Waals surface area contributed by atoms with Crippen molar-refractivity contribution in [3.63, 3.8) is 0 Å². The molecule has 3 aromatic heterocycles. The first-order valence-corrected chi connectivity index (χ1v) is 11.2. The van der Waals surface area contributed by atoms with Crippen molar-refractivity contribution in [1.29, 1.82) is 0 Å². The molecule has 2 aliphatic rings. The molecule has 1 saturated heterocycles. The fourth-order valence-electron chi connectivity index (χ4n) is 4.27. The van der Waals surface area contributed by atoms with E-state index in [-0.39, 0.29) is 17.6 Å². The first-order valence-electron chi connectivity index (χ1n) is 10.3. The first-order chi connectivity index (χ1) is 15.1. The highest BCUT2D eigenvalue weighted by Gasteiger charge is 2.47. The number of nitrogens with zero attached hydrogens (tertiary/aromatic N) is 4. The lowest BCUT2D eigenvalue weighted by atomic mass is 9.78. The van der Waals surface area contributed by atoms with Gasteiger partial charge in [-0.1, -0.05) is 0 Å². The molecule has 1 aliphatic heterocycles. The van der Waals surface area contributed by atoms with E-state index in [1.54, 1.807) is 29.6 Å². The number of rotatable bonds is 5. The second kappa shape index (κ2) is 8.22. The molecule has 1 spiro atoms. The number of hydrogen-bond donors (Lipinski definition) is 1. The number of halogens is 1. The molecule has 7 nitrogen and oxygen atoms in total. The third kappa shape index (κ3) is 4.10. The second-order valence-corrected chi connectivity index (χ2v) is 8.90. The molecule has 4 heterocycles. The molecule has 1 N–H and O–H groups in total. The largest absolute Gasteiger partial charge is 0.441 e. The van der Waals surface area contributed by atoms with Crippen LogP contribution in [-0.4, -0.2) is 39.7 Å². The van der Waals surface area contributed by atoms with Crippen LogP contribution in [0.5, 0.6) is 0 Å². The number of nitrogens with one attached hydrogen (secondary N) is 1. The summed E-state index contributed by atoms with van der Waals surface area (Å²) in [6.45, 7) is 1.36.